The summed E-state index contributed by atoms with van der Waals surface area (Å²) >= 11 is 0. The van der Waals surface area contributed by atoms with E-state index in [2.05, 4.69) is 15.2 Å². The minimum absolute atomic E-state index is 0.227. The SMILES string of the molecule is O=c1[nH]c(N2CCC3(CC2)OCCO3)nnc1-c1ccccc1. The standard InChI is InChI=1S/C16H18N4O3/c21-14-13(12-4-2-1-3-5-12)18-19-15(17-14)20-8-6-16(7-9-20)22-10-11-23-16/h1-5H,6-11H2,(H,17,19,21). The number of piperidine rings is 1. The molecule has 0 amide bonds. The number of hydrogen-bond acceptors (Lipinski definition) is 6. The quantitative estimate of drug-likeness (QED) is 0.896. The Morgan fingerprint density at radius 1 is 1.04 bits per heavy atom. The van der Waals surface area contributed by atoms with Gasteiger partial charge in [0, 0.05) is 31.5 Å². The van der Waals surface area contributed by atoms with Crippen LogP contribution < -0.4 is 10.5 Å². The molecule has 1 N–H and O–H groups in total. The third-order valence-corrected chi connectivity index (χ3v) is 4.37. The van der Waals surface area contributed by atoms with Gasteiger partial charge in [-0.05, 0) is 0 Å². The van der Waals surface area contributed by atoms with Gasteiger partial charge in [0.25, 0.3) is 5.56 Å². The number of hydrogen-bond donors (Lipinski definition) is 1. The molecule has 2 aliphatic rings. The number of aromatic nitrogens is 3. The molecule has 3 heterocycles. The molecular weight excluding hydrogens is 296 g/mol. The number of rotatable bonds is 2. The Morgan fingerprint density at radius 2 is 1.74 bits per heavy atom. The summed E-state index contributed by atoms with van der Waals surface area (Å²) in [6.07, 6.45) is 1.52. The van der Waals surface area contributed by atoms with E-state index in [9.17, 15) is 4.79 Å². The second-order valence-electron chi connectivity index (χ2n) is 5.79. The number of nitrogens with zero attached hydrogens (tertiary/aromatic N) is 3. The average Bonchev–Trinajstić information content (AvgIpc) is 3.04. The molecule has 2 fully saturated rings. The van der Waals surface area contributed by atoms with E-state index < -0.39 is 5.79 Å². The number of benzene rings is 1. The molecule has 2 saturated heterocycles. The number of aromatic amines is 1. The topological polar surface area (TPSA) is 80.3 Å². The Kier molecular flexibility index (Phi) is 3.59. The molecule has 0 atom stereocenters. The lowest BCUT2D eigenvalue weighted by Crippen LogP contribution is -2.46. The van der Waals surface area contributed by atoms with Crippen LogP contribution in [-0.2, 0) is 9.47 Å². The van der Waals surface area contributed by atoms with Gasteiger partial charge in [0.2, 0.25) is 5.95 Å². The van der Waals surface area contributed by atoms with Crippen molar-refractivity contribution in [3.8, 4) is 11.3 Å². The smallest absolute Gasteiger partial charge is 0.279 e. The van der Waals surface area contributed by atoms with Crippen molar-refractivity contribution >= 4 is 5.95 Å². The van der Waals surface area contributed by atoms with Crippen LogP contribution in [0.5, 0.6) is 0 Å². The largest absolute Gasteiger partial charge is 0.347 e. The predicted octanol–water partition coefficient (Wildman–Crippen LogP) is 1.18. The van der Waals surface area contributed by atoms with E-state index in [4.69, 9.17) is 9.47 Å². The zero-order valence-corrected chi connectivity index (χ0v) is 12.7. The van der Waals surface area contributed by atoms with Crippen LogP contribution in [-0.4, -0.2) is 47.3 Å². The van der Waals surface area contributed by atoms with Crippen LogP contribution in [0.1, 0.15) is 12.8 Å². The number of ether oxygens (including phenoxy) is 2. The molecule has 120 valence electrons. The van der Waals surface area contributed by atoms with Crippen molar-refractivity contribution in [2.75, 3.05) is 31.2 Å². The highest BCUT2D eigenvalue weighted by Gasteiger charge is 2.40. The van der Waals surface area contributed by atoms with Crippen LogP contribution in [0.3, 0.4) is 0 Å². The van der Waals surface area contributed by atoms with Gasteiger partial charge in [-0.1, -0.05) is 30.3 Å². The molecule has 0 saturated carbocycles. The minimum atomic E-state index is -0.436. The van der Waals surface area contributed by atoms with Gasteiger partial charge in [-0.25, -0.2) is 0 Å². The van der Waals surface area contributed by atoms with Gasteiger partial charge in [0.15, 0.2) is 11.5 Å². The van der Waals surface area contributed by atoms with E-state index in [-0.39, 0.29) is 5.56 Å². The fourth-order valence-electron chi connectivity index (χ4n) is 3.10. The molecule has 0 radical (unpaired) electrons. The first-order chi connectivity index (χ1) is 11.3. The van der Waals surface area contributed by atoms with Crippen molar-refractivity contribution in [3.05, 3.63) is 40.7 Å². The van der Waals surface area contributed by atoms with Crippen LogP contribution in [0.15, 0.2) is 35.1 Å². The molecule has 2 aromatic rings. The molecule has 1 spiro atoms. The summed E-state index contributed by atoms with van der Waals surface area (Å²) < 4.78 is 11.4. The highest BCUT2D eigenvalue weighted by molar-refractivity contribution is 5.57. The van der Waals surface area contributed by atoms with Gasteiger partial charge >= 0.3 is 0 Å². The Labute approximate surface area is 133 Å². The van der Waals surface area contributed by atoms with Crippen LogP contribution in [0, 0.1) is 0 Å². The summed E-state index contributed by atoms with van der Waals surface area (Å²) in [5.74, 6) is 0.0660. The number of anilines is 1. The second-order valence-corrected chi connectivity index (χ2v) is 5.79. The maximum Gasteiger partial charge on any atom is 0.279 e. The van der Waals surface area contributed by atoms with Crippen molar-refractivity contribution in [1.82, 2.24) is 15.2 Å². The zero-order valence-electron chi connectivity index (χ0n) is 12.7. The lowest BCUT2D eigenvalue weighted by Gasteiger charge is -2.37. The van der Waals surface area contributed by atoms with Gasteiger partial charge in [-0.2, -0.15) is 0 Å². The Hall–Kier alpha value is -2.25. The molecule has 7 nitrogen and oxygen atoms in total. The highest BCUT2D eigenvalue weighted by Crippen LogP contribution is 2.32. The molecule has 4 rings (SSSR count). The Balaban J connectivity index is 1.52. The van der Waals surface area contributed by atoms with Gasteiger partial charge in [0.1, 0.15) is 0 Å². The van der Waals surface area contributed by atoms with Crippen molar-refractivity contribution in [2.24, 2.45) is 0 Å². The van der Waals surface area contributed by atoms with E-state index in [1.165, 1.54) is 0 Å². The van der Waals surface area contributed by atoms with E-state index in [0.717, 1.165) is 31.5 Å². The van der Waals surface area contributed by atoms with Crippen molar-refractivity contribution in [2.45, 2.75) is 18.6 Å². The fraction of sp³-hybridized carbons (Fsp3) is 0.438. The predicted molar refractivity (Wildman–Crippen MR) is 84.2 cm³/mol. The lowest BCUT2D eigenvalue weighted by atomic mass is 10.0. The van der Waals surface area contributed by atoms with E-state index in [1.807, 2.05) is 35.2 Å². The second kappa shape index (κ2) is 5.75. The van der Waals surface area contributed by atoms with Gasteiger partial charge < -0.3 is 14.4 Å². The molecule has 0 bridgehead atoms. The zero-order chi connectivity index (χ0) is 15.7. The number of nitrogens with one attached hydrogen (secondary N) is 1. The van der Waals surface area contributed by atoms with E-state index in [0.29, 0.717) is 24.9 Å². The van der Waals surface area contributed by atoms with Crippen LogP contribution >= 0.6 is 0 Å². The van der Waals surface area contributed by atoms with Crippen LogP contribution in [0.2, 0.25) is 0 Å². The first-order valence-corrected chi connectivity index (χ1v) is 7.81. The molecule has 1 aromatic carbocycles. The summed E-state index contributed by atoms with van der Waals surface area (Å²) in [6.45, 7) is 2.75. The van der Waals surface area contributed by atoms with Gasteiger partial charge in [-0.15, -0.1) is 10.2 Å². The van der Waals surface area contributed by atoms with Gasteiger partial charge in [-0.3, -0.25) is 9.78 Å². The van der Waals surface area contributed by atoms with Crippen molar-refractivity contribution < 1.29 is 9.47 Å². The first-order valence-electron chi connectivity index (χ1n) is 7.81. The van der Waals surface area contributed by atoms with E-state index >= 15 is 0 Å². The Morgan fingerprint density at radius 3 is 2.39 bits per heavy atom. The van der Waals surface area contributed by atoms with Crippen molar-refractivity contribution in [1.29, 1.82) is 0 Å². The van der Waals surface area contributed by atoms with Gasteiger partial charge in [0.05, 0.1) is 13.2 Å². The van der Waals surface area contributed by atoms with Crippen LogP contribution in [0.4, 0.5) is 5.95 Å². The Bertz CT molecular complexity index is 730. The maximum atomic E-state index is 12.3. The summed E-state index contributed by atoms with van der Waals surface area (Å²) in [5.41, 5.74) is 0.873. The normalized spacial score (nSPS) is 20.1. The lowest BCUT2D eigenvalue weighted by molar-refractivity contribution is -0.169. The molecule has 0 unspecified atom stereocenters. The van der Waals surface area contributed by atoms with E-state index in [1.54, 1.807) is 0 Å². The highest BCUT2D eigenvalue weighted by atomic mass is 16.7. The monoisotopic (exact) mass is 314 g/mol. The molecule has 23 heavy (non-hydrogen) atoms. The summed E-state index contributed by atoms with van der Waals surface area (Å²) in [5, 5.41) is 8.31. The minimum Gasteiger partial charge on any atom is -0.347 e. The third-order valence-electron chi connectivity index (χ3n) is 4.37. The molecule has 0 aliphatic carbocycles. The number of H-pyrrole nitrogens is 1. The summed E-state index contributed by atoms with van der Waals surface area (Å²) in [4.78, 5) is 17.2. The third kappa shape index (κ3) is 2.73. The van der Waals surface area contributed by atoms with Crippen LogP contribution in [0.25, 0.3) is 11.3 Å². The summed E-state index contributed by atoms with van der Waals surface area (Å²) in [7, 11) is 0. The molecule has 2 aliphatic heterocycles. The maximum absolute atomic E-state index is 12.3. The first kappa shape index (κ1) is 14.3. The average molecular weight is 314 g/mol. The molecule has 7 heteroatoms. The fourth-order valence-corrected chi connectivity index (χ4v) is 3.10. The molecule has 1 aromatic heterocycles. The summed E-state index contributed by atoms with van der Waals surface area (Å²) in [6, 6.07) is 9.33. The van der Waals surface area contributed by atoms with Crippen molar-refractivity contribution in [3.63, 3.8) is 0 Å². The molecular formula is C16H18N4O3.